The Hall–Kier alpha value is -6.98. The van der Waals surface area contributed by atoms with Crippen LogP contribution in [0, 0.1) is 25.7 Å². The SMILES string of the molecule is [2H]c1c([2H])c([2H])c(-c2cnc(N3c4[c-]c(Oc5[c-]c(N6[CH-]N(c7c(-c8cc(C(C)(C)C)cc(C(C)(C)C)c8)cccc7-c7c([2H])c([2H])c([2H])c([2H])c7[2H])c7ccccc76)ccc5)ccc4[Si](C)(C)c4ccccc43)cc2C)c([2H])c1[2H].[Pt]. The molecule has 3 heterocycles. The molecule has 5 nitrogen and oxygen atoms in total. The maximum Gasteiger partial charge on any atom is 0.135 e. The van der Waals surface area contributed by atoms with Crippen LogP contribution in [0.1, 0.15) is 71.9 Å². The van der Waals surface area contributed by atoms with Crippen LogP contribution in [0.15, 0.2) is 188 Å². The molecule has 0 saturated carbocycles. The van der Waals surface area contributed by atoms with E-state index in [0.29, 0.717) is 45.4 Å². The number of para-hydroxylation sites is 4. The third-order valence-electron chi connectivity index (χ3n) is 13.6. The molecule has 0 saturated heterocycles. The maximum absolute atomic E-state index is 9.25. The summed E-state index contributed by atoms with van der Waals surface area (Å²) in [6.45, 7) is 21.6. The van der Waals surface area contributed by atoms with Crippen LogP contribution in [0.2, 0.25) is 13.1 Å². The molecule has 0 amide bonds. The topological polar surface area (TPSA) is 31.8 Å². The minimum absolute atomic E-state index is 0. The first-order valence-electron chi connectivity index (χ1n) is 28.9. The van der Waals surface area contributed by atoms with Crippen molar-refractivity contribution in [3.05, 3.63) is 223 Å². The number of ether oxygens (including phenoxy) is 1. The first-order valence-corrected chi connectivity index (χ1v) is 26.9. The summed E-state index contributed by atoms with van der Waals surface area (Å²) < 4.78 is 93.5. The third kappa shape index (κ3) is 8.90. The Morgan fingerprint density at radius 3 is 1.78 bits per heavy atom. The zero-order valence-corrected chi connectivity index (χ0v) is 45.0. The molecule has 0 atom stereocenters. The summed E-state index contributed by atoms with van der Waals surface area (Å²) in [5.41, 5.74) is 9.95. The quantitative estimate of drug-likeness (QED) is 0.112. The minimum Gasteiger partial charge on any atom is -0.509 e. The van der Waals surface area contributed by atoms with E-state index in [4.69, 9.17) is 20.7 Å². The van der Waals surface area contributed by atoms with Crippen molar-refractivity contribution >= 4 is 58.4 Å². The van der Waals surface area contributed by atoms with Gasteiger partial charge in [-0.05, 0) is 80.6 Å². The van der Waals surface area contributed by atoms with Crippen LogP contribution in [-0.4, -0.2) is 13.1 Å². The van der Waals surface area contributed by atoms with Gasteiger partial charge in [-0.1, -0.05) is 187 Å². The summed E-state index contributed by atoms with van der Waals surface area (Å²) in [6, 6.07) is 43.7. The summed E-state index contributed by atoms with van der Waals surface area (Å²) in [5, 5.41) is 2.30. The van der Waals surface area contributed by atoms with E-state index in [-0.39, 0.29) is 67.2 Å². The van der Waals surface area contributed by atoms with Crippen LogP contribution < -0.4 is 29.8 Å². The number of aromatic nitrogens is 1. The zero-order chi connectivity index (χ0) is 57.9. The van der Waals surface area contributed by atoms with E-state index in [0.717, 1.165) is 50.2 Å². The van der Waals surface area contributed by atoms with Gasteiger partial charge in [-0.2, -0.15) is 12.1 Å². The van der Waals surface area contributed by atoms with Crippen molar-refractivity contribution in [2.24, 2.45) is 0 Å². The van der Waals surface area contributed by atoms with Crippen molar-refractivity contribution in [2.75, 3.05) is 14.7 Å². The largest absolute Gasteiger partial charge is 0.509 e. The average molecular weight is 1150 g/mol. The Balaban J connectivity index is 0.00000753. The second-order valence-corrected chi connectivity index (χ2v) is 25.1. The maximum atomic E-state index is 9.25. The summed E-state index contributed by atoms with van der Waals surface area (Å²) >= 11 is 0. The number of nitrogens with zero attached hydrogens (tertiary/aromatic N) is 4. The van der Waals surface area contributed by atoms with E-state index in [1.807, 2.05) is 108 Å². The predicted octanol–water partition coefficient (Wildman–Crippen LogP) is 16.4. The van der Waals surface area contributed by atoms with Gasteiger partial charge in [0, 0.05) is 78.2 Å². The summed E-state index contributed by atoms with van der Waals surface area (Å²) in [6.07, 6.45) is 1.58. The van der Waals surface area contributed by atoms with Crippen molar-refractivity contribution < 1.29 is 39.5 Å². The van der Waals surface area contributed by atoms with Gasteiger partial charge in [0.25, 0.3) is 0 Å². The van der Waals surface area contributed by atoms with Crippen LogP contribution in [0.5, 0.6) is 11.5 Å². The molecule has 0 bridgehead atoms. The number of benzene rings is 8. The number of aryl methyl sites for hydroxylation is 1. The summed E-state index contributed by atoms with van der Waals surface area (Å²) in [4.78, 5) is 11.1. The number of hydrogen-bond donors (Lipinski definition) is 0. The molecule has 72 heavy (non-hydrogen) atoms. The van der Waals surface area contributed by atoms with Gasteiger partial charge in [-0.3, -0.25) is 0 Å². The molecule has 0 radical (unpaired) electrons. The van der Waals surface area contributed by atoms with Gasteiger partial charge in [0.15, 0.2) is 0 Å². The van der Waals surface area contributed by atoms with Gasteiger partial charge in [0.1, 0.15) is 5.82 Å². The first kappa shape index (κ1) is 37.7. The molecule has 1 aromatic heterocycles. The van der Waals surface area contributed by atoms with Crippen molar-refractivity contribution in [3.8, 4) is 44.9 Å². The molecule has 11 rings (SSSR count). The van der Waals surface area contributed by atoms with Crippen molar-refractivity contribution in [2.45, 2.75) is 72.4 Å². The minimum atomic E-state index is -2.35. The van der Waals surface area contributed by atoms with Crippen LogP contribution in [0.4, 0.5) is 39.9 Å². The van der Waals surface area contributed by atoms with Gasteiger partial charge in [-0.25, -0.2) is 4.98 Å². The Morgan fingerprint density at radius 1 is 0.569 bits per heavy atom. The summed E-state index contributed by atoms with van der Waals surface area (Å²) in [7, 11) is -2.35. The Morgan fingerprint density at radius 2 is 1.14 bits per heavy atom. The van der Waals surface area contributed by atoms with Gasteiger partial charge in [-0.15, -0.1) is 47.9 Å². The van der Waals surface area contributed by atoms with Crippen LogP contribution in [0.3, 0.4) is 0 Å². The van der Waals surface area contributed by atoms with E-state index in [1.165, 1.54) is 5.19 Å². The van der Waals surface area contributed by atoms with Crippen LogP contribution >= 0.6 is 0 Å². The van der Waals surface area contributed by atoms with Gasteiger partial charge in [0.2, 0.25) is 0 Å². The number of hydrogen-bond acceptors (Lipinski definition) is 5. The van der Waals surface area contributed by atoms with E-state index in [2.05, 4.69) is 108 Å². The van der Waals surface area contributed by atoms with Crippen molar-refractivity contribution in [1.29, 1.82) is 0 Å². The van der Waals surface area contributed by atoms with E-state index >= 15 is 0 Å². The van der Waals surface area contributed by atoms with E-state index in [1.54, 1.807) is 6.20 Å². The fraction of sp³-hybridized carbons (Fsp3) is 0.169. The molecule has 7 heteroatoms. The Bertz CT molecular complexity index is 3990. The van der Waals surface area contributed by atoms with Crippen LogP contribution in [-0.2, 0) is 31.9 Å². The normalized spacial score (nSPS) is 15.7. The molecular formula is C65H59N4OPtSi-3. The van der Waals surface area contributed by atoms with Gasteiger partial charge >= 0.3 is 0 Å². The molecule has 0 aliphatic carbocycles. The molecule has 362 valence electrons. The zero-order valence-electron chi connectivity index (χ0n) is 51.7. The molecule has 8 aromatic carbocycles. The molecule has 0 spiro atoms. The number of pyridine rings is 1. The molecule has 0 fully saturated rings. The smallest absolute Gasteiger partial charge is 0.135 e. The number of anilines is 7. The first-order chi connectivity index (χ1) is 38.3. The summed E-state index contributed by atoms with van der Waals surface area (Å²) in [5.74, 6) is 1.41. The molecular weight excluding hydrogens is 1080 g/mol. The van der Waals surface area contributed by atoms with Gasteiger partial charge in [0.05, 0.1) is 21.8 Å². The van der Waals surface area contributed by atoms with E-state index < -0.39 is 44.3 Å². The molecule has 0 N–H and O–H groups in total. The predicted molar refractivity (Wildman–Crippen MR) is 300 cm³/mol. The monoisotopic (exact) mass is 1140 g/mol. The average Bonchev–Trinajstić information content (AvgIpc) is 3.86. The Kier molecular flexibility index (Phi) is 9.90. The molecule has 9 aromatic rings. The number of fused-ring (bicyclic) bond motifs is 3. The van der Waals surface area contributed by atoms with Crippen molar-refractivity contribution in [1.82, 2.24) is 4.98 Å². The second-order valence-electron chi connectivity index (χ2n) is 20.8. The molecule has 0 unspecified atom stereocenters. The fourth-order valence-corrected chi connectivity index (χ4v) is 12.6. The van der Waals surface area contributed by atoms with Crippen LogP contribution in [0.25, 0.3) is 33.4 Å². The standard InChI is InChI=1S/C65H59N4OSi.Pt/c1-44-36-62(66-42-55(44)46-24-14-11-15-25-46)69-58-32-18-19-33-60(58)71(8,9)61-35-34-52(41-59(61)69)70-51-27-20-26-50(40-51)67-43-68(57-31-17-16-30-56(57)67)63-53(45-22-12-10-13-23-45)28-21-29-54(63)47-37-48(64(2,3)4)39-49(38-47)65(5,6)7;/h10-39,42-43H,1-9H3;/q-3;/i10D,11D,12D,13D,14D,15D,22D,23D,24D,25D;. The number of rotatable bonds is 8. The fourth-order valence-electron chi connectivity index (χ4n) is 9.72. The second kappa shape index (κ2) is 18.9. The van der Waals surface area contributed by atoms with Crippen molar-refractivity contribution in [3.63, 3.8) is 0 Å². The third-order valence-corrected chi connectivity index (χ3v) is 17.1. The van der Waals surface area contributed by atoms with Gasteiger partial charge < -0.3 is 19.4 Å². The van der Waals surface area contributed by atoms with E-state index in [9.17, 15) is 2.74 Å². The molecule has 2 aliphatic heterocycles. The molecule has 2 aliphatic rings. The Labute approximate surface area is 456 Å².